The molecule has 1 fully saturated rings. The number of carbonyl (C=O) groups is 2. The van der Waals surface area contributed by atoms with Crippen molar-refractivity contribution >= 4 is 150 Å². The van der Waals surface area contributed by atoms with E-state index >= 15 is 0 Å². The van der Waals surface area contributed by atoms with Crippen LogP contribution in [0.1, 0.15) is 69.1 Å². The molecule has 0 bridgehead atoms. The second-order valence-corrected chi connectivity index (χ2v) is 31.7. The average molecular weight is 1850 g/mol. The summed E-state index contributed by atoms with van der Waals surface area (Å²) in [6.45, 7) is 14.1. The van der Waals surface area contributed by atoms with Gasteiger partial charge in [-0.2, -0.15) is 0 Å². The highest BCUT2D eigenvalue weighted by molar-refractivity contribution is 9.09. The molecule has 0 atom stereocenters. The fraction of sp³-hybridized carbons (Fsp3) is 0.347. The van der Waals surface area contributed by atoms with Gasteiger partial charge in [-0.3, -0.25) is 14.6 Å². The van der Waals surface area contributed by atoms with Gasteiger partial charge >= 0.3 is 0 Å². The quantitative estimate of drug-likeness (QED) is 0.0251. The molecular weight excluding hydrogens is 1750 g/mol. The van der Waals surface area contributed by atoms with Crippen LogP contribution in [0, 0.1) is 20.8 Å². The van der Waals surface area contributed by atoms with Gasteiger partial charge in [0, 0.05) is 155 Å². The van der Waals surface area contributed by atoms with Crippen molar-refractivity contribution in [1.29, 1.82) is 0 Å². The van der Waals surface area contributed by atoms with Crippen LogP contribution in [0.5, 0.6) is 0 Å². The zero-order chi connectivity index (χ0) is 69.1. The zero-order valence-electron chi connectivity index (χ0n) is 58.7. The second kappa shape index (κ2) is 62.9. The molecule has 0 aliphatic carbocycles. The summed E-state index contributed by atoms with van der Waals surface area (Å²) in [7, 11) is 23.8. The number of aromatic nitrogens is 5. The molecule has 0 spiro atoms. The Balaban J connectivity index is 0. The van der Waals surface area contributed by atoms with Crippen molar-refractivity contribution < 1.29 is 101 Å². The maximum absolute atomic E-state index is 10.3. The van der Waals surface area contributed by atoms with Crippen LogP contribution in [-0.4, -0.2) is 123 Å². The van der Waals surface area contributed by atoms with E-state index in [9.17, 15) is 4.79 Å². The minimum atomic E-state index is -0.833. The maximum Gasteiger partial charge on any atom is 0.300 e. The number of hydrogen-bond donors (Lipinski definition) is 2. The van der Waals surface area contributed by atoms with Gasteiger partial charge in [0.2, 0.25) is 0 Å². The van der Waals surface area contributed by atoms with Gasteiger partial charge in [-0.1, -0.05) is 145 Å². The van der Waals surface area contributed by atoms with E-state index in [4.69, 9.17) is 9.90 Å². The van der Waals surface area contributed by atoms with E-state index in [2.05, 4.69) is 283 Å². The fourth-order valence-electron chi connectivity index (χ4n) is 7.86. The summed E-state index contributed by atoms with van der Waals surface area (Å²) in [6.07, 6.45) is 33.2. The van der Waals surface area contributed by atoms with E-state index in [0.717, 1.165) is 84.3 Å². The first-order valence-electron chi connectivity index (χ1n) is 31.6. The summed E-state index contributed by atoms with van der Waals surface area (Å²) in [5, 5.41) is 12.8. The highest BCUT2D eigenvalue weighted by Crippen LogP contribution is 2.23. The van der Waals surface area contributed by atoms with Crippen LogP contribution in [0.2, 0.25) is 0 Å². The number of benzene rings is 3. The molecular formula is C75H101Br6N9O3S6. The minimum Gasteiger partial charge on any atom is -1.00 e. The molecule has 0 radical (unpaired) electrons. The predicted molar refractivity (Wildman–Crippen MR) is 428 cm³/mol. The number of carboxylic acids is 1. The molecule has 6 heterocycles. The lowest BCUT2D eigenvalue weighted by molar-refractivity contribution is -0.692. The van der Waals surface area contributed by atoms with E-state index in [1.165, 1.54) is 87.8 Å². The van der Waals surface area contributed by atoms with Gasteiger partial charge in [-0.25, -0.2) is 18.3 Å². The summed E-state index contributed by atoms with van der Waals surface area (Å²) in [4.78, 5) is 29.3. The standard InChI is InChI=1S/C34H40N4S2.C16H22N2S2.C9H11NO.C6H7N.C4H8Br2S2.C4H9N.C2H4O2.4BrH/c1-35(2)33-13-9-29(10-14-33)5-7-31-17-21-37(22-18-31)25-27-39-40-28-26-38-23-19-32(20-24-38)8-6-30-11-15-34(16-12-30)36(3)4;1-15-3-7-17(8-4-15)11-13-19-20-14-12-18-9-5-16(2)6-10-18;1-10(2)9-5-3-8(7-11)4-6-9;1-6-2-4-7-5-3-6;5-1-3-7-8-4-2-6;1-2-4-5-3-1;1-2(3)4;;;;/h5-24H,25-28H2,1-4H3;3-10H,11-14H2,1-2H3;3-7H,1-2H3;2-5H,1H3;1-4H2;5H,1-4H2;1H3,(H,3,4);4*1H/q2*+2;;;;;;;;;/p-4. The Hall–Kier alpha value is -3.63. The Bertz CT molecular complexity index is 3120. The third-order valence-electron chi connectivity index (χ3n) is 13.4. The van der Waals surface area contributed by atoms with Crippen molar-refractivity contribution in [3.63, 3.8) is 0 Å². The van der Waals surface area contributed by atoms with Gasteiger partial charge < -0.3 is 93.0 Å². The monoisotopic (exact) mass is 1840 g/mol. The molecule has 8 aromatic rings. The third-order valence-corrected chi connectivity index (χ3v) is 22.3. The molecule has 9 rings (SSSR count). The van der Waals surface area contributed by atoms with Crippen LogP contribution in [0.3, 0.4) is 0 Å². The number of aliphatic carboxylic acids is 1. The Morgan fingerprint density at radius 2 is 0.667 bits per heavy atom. The van der Waals surface area contributed by atoms with Crippen molar-refractivity contribution in [2.75, 3.05) is 115 Å². The zero-order valence-corrected chi connectivity index (χ0v) is 73.1. The lowest BCUT2D eigenvalue weighted by atomic mass is 10.1. The molecule has 0 amide bonds. The molecule has 12 nitrogen and oxygen atoms in total. The average Bonchev–Trinajstić information content (AvgIpc) is 1.06. The molecule has 1 saturated heterocycles. The van der Waals surface area contributed by atoms with Crippen LogP contribution in [-0.2, 0) is 31.0 Å². The fourth-order valence-corrected chi connectivity index (χ4v) is 15.6. The van der Waals surface area contributed by atoms with Crippen LogP contribution in [0.4, 0.5) is 17.1 Å². The lowest BCUT2D eigenvalue weighted by Crippen LogP contribution is -3.00. The number of halogens is 6. The predicted octanol–water partition coefficient (Wildman–Crippen LogP) is 4.37. The number of rotatable bonds is 27. The topological polar surface area (TPSA) is 105 Å². The molecule has 0 saturated carbocycles. The summed E-state index contributed by atoms with van der Waals surface area (Å²) < 4.78 is 9.01. The highest BCUT2D eigenvalue weighted by Gasteiger charge is 2.06. The van der Waals surface area contributed by atoms with Gasteiger partial charge in [-0.15, -0.1) is 0 Å². The smallest absolute Gasteiger partial charge is 0.300 e. The number of pyridine rings is 5. The number of hydrogen-bond acceptors (Lipinski definition) is 13. The Labute approximate surface area is 676 Å². The Morgan fingerprint density at radius 3 is 0.889 bits per heavy atom. The van der Waals surface area contributed by atoms with E-state index in [0.29, 0.717) is 0 Å². The second-order valence-electron chi connectivity index (χ2n) is 22.0. The minimum absolute atomic E-state index is 0. The molecule has 1 aliphatic rings. The summed E-state index contributed by atoms with van der Waals surface area (Å²) in [5.41, 5.74) is 13.0. The maximum atomic E-state index is 10.3. The number of nitrogens with one attached hydrogen (secondary N) is 1. The van der Waals surface area contributed by atoms with Crippen molar-refractivity contribution in [2.24, 2.45) is 0 Å². The van der Waals surface area contributed by atoms with E-state index in [1.807, 2.05) is 127 Å². The van der Waals surface area contributed by atoms with E-state index < -0.39 is 5.97 Å². The van der Waals surface area contributed by atoms with Gasteiger partial charge in [0.25, 0.3) is 5.97 Å². The van der Waals surface area contributed by atoms with Gasteiger partial charge in [0.1, 0.15) is 6.29 Å². The van der Waals surface area contributed by atoms with Crippen LogP contribution in [0.25, 0.3) is 24.3 Å². The number of aldehydes is 1. The number of nitrogens with zero attached hydrogens (tertiary/aromatic N) is 8. The molecule has 0 unspecified atom stereocenters. The molecule has 2 N–H and O–H groups in total. The van der Waals surface area contributed by atoms with Gasteiger partial charge in [0.15, 0.2) is 75.8 Å². The van der Waals surface area contributed by atoms with Crippen LogP contribution in [0.15, 0.2) is 195 Å². The molecule has 99 heavy (non-hydrogen) atoms. The number of carboxylic acid groups (broad SMARTS) is 1. The normalized spacial score (nSPS) is 10.7. The van der Waals surface area contributed by atoms with Gasteiger partial charge in [0.05, 0.1) is 23.0 Å². The van der Waals surface area contributed by atoms with Gasteiger partial charge in [-0.05, 0) is 146 Å². The van der Waals surface area contributed by atoms with Crippen molar-refractivity contribution in [1.82, 2.24) is 10.3 Å². The molecule has 3 aromatic carbocycles. The highest BCUT2D eigenvalue weighted by atomic mass is 79.9. The largest absolute Gasteiger partial charge is 1.00 e. The lowest BCUT2D eigenvalue weighted by Gasteiger charge is -2.11. The van der Waals surface area contributed by atoms with Crippen LogP contribution >= 0.6 is 96.6 Å². The third kappa shape index (κ3) is 50.4. The molecule has 5 aromatic heterocycles. The summed E-state index contributed by atoms with van der Waals surface area (Å²) in [6, 6.07) is 46.0. The first-order valence-corrected chi connectivity index (χ1v) is 41.3. The van der Waals surface area contributed by atoms with Crippen molar-refractivity contribution in [2.45, 2.75) is 66.7 Å². The molecule has 24 heteroatoms. The first-order chi connectivity index (χ1) is 46.0. The SMILES string of the molecule is BrCCSSCCBr.C1CCNC1.CC(=O)O.CN(C)c1ccc(/C=C/c2cc[n+](CCSSCC[n+]3ccc(/C=C/c4ccc(N(C)C)cc4)cc3)cc2)cc1.CN(C)c1ccc(C=O)cc1.Cc1cc[n+](CCSSCC[n+]2ccc(C)cc2)cc1.Cc1ccncc1.[Br-].[Br-].[Br-].[Br-]. The van der Waals surface area contributed by atoms with E-state index in [1.54, 1.807) is 12.4 Å². The summed E-state index contributed by atoms with van der Waals surface area (Å²) >= 11 is 6.71. The number of alkyl halides is 2. The van der Waals surface area contributed by atoms with Crippen LogP contribution < -0.4 is 106 Å². The first kappa shape index (κ1) is 97.4. The Kier molecular flexibility index (Phi) is 61.9. The van der Waals surface area contributed by atoms with E-state index in [-0.39, 0.29) is 67.9 Å². The molecule has 542 valence electrons. The van der Waals surface area contributed by atoms with Crippen molar-refractivity contribution in [3.05, 3.63) is 240 Å². The number of aryl methyl sites for hydroxylation is 7. The number of carbonyl (C=O) groups excluding carboxylic acids is 1. The summed E-state index contributed by atoms with van der Waals surface area (Å²) in [5.74, 6) is 6.06. The van der Waals surface area contributed by atoms with Crippen molar-refractivity contribution in [3.8, 4) is 0 Å². The number of anilines is 3. The Morgan fingerprint density at radius 1 is 0.424 bits per heavy atom. The molecule has 1 aliphatic heterocycles.